The van der Waals surface area contributed by atoms with E-state index in [1.54, 1.807) is 0 Å². The molecule has 0 aromatic heterocycles. The van der Waals surface area contributed by atoms with Gasteiger partial charge in [0.15, 0.2) is 11.8 Å². The van der Waals surface area contributed by atoms with Gasteiger partial charge >= 0.3 is 0 Å². The van der Waals surface area contributed by atoms with Gasteiger partial charge in [0, 0.05) is 0 Å². The Kier molecular flexibility index (Phi) is 4.30. The molecule has 0 aliphatic heterocycles. The van der Waals surface area contributed by atoms with E-state index < -0.39 is 0 Å². The highest BCUT2D eigenvalue weighted by molar-refractivity contribution is 14.2. The van der Waals surface area contributed by atoms with Crippen molar-refractivity contribution >= 4 is 38.2 Å². The molecule has 30 valence electrons. The molecule has 0 spiro atoms. The second kappa shape index (κ2) is 3.44. The zero-order valence-corrected chi connectivity index (χ0v) is 6.81. The first kappa shape index (κ1) is 6.25. The van der Waals surface area contributed by atoms with Crippen LogP contribution in [0.3, 0.4) is 0 Å². The summed E-state index contributed by atoms with van der Waals surface area (Å²) in [6, 6.07) is 0. The molecule has 0 heterocycles. The van der Waals surface area contributed by atoms with Crippen LogP contribution in [0.5, 0.6) is 0 Å². The average molecular weight is 219 g/mol. The number of hydrogen-bond donors (Lipinski definition) is 0. The third kappa shape index (κ3) is 5.25. The fraction of sp³-hybridized carbons (Fsp3) is 1.00. The van der Waals surface area contributed by atoms with Gasteiger partial charge in [0.25, 0.3) is 0 Å². The minimum Gasteiger partial charge on any atom is -0.0224 e. The van der Waals surface area contributed by atoms with E-state index in [9.17, 15) is 0 Å². The van der Waals surface area contributed by atoms with Gasteiger partial charge in [-0.25, -0.2) is 0 Å². The third-order valence-corrected chi connectivity index (χ3v) is 3.57. The smallest absolute Gasteiger partial charge is 0.0224 e. The first-order valence-electron chi connectivity index (χ1n) is 1.37. The van der Waals surface area contributed by atoms with Crippen molar-refractivity contribution in [3.05, 3.63) is 0 Å². The molecular formula is C2H5IPS+. The number of rotatable bonds is 1. The standard InChI is InChI=1S/C2H5IPS/c1-2-4(3)5/h2H2,1H3/q+1. The summed E-state index contributed by atoms with van der Waals surface area (Å²) < 4.78 is -0.0449. The van der Waals surface area contributed by atoms with E-state index in [0.29, 0.717) is 0 Å². The Bertz CT molecular complexity index is 44.9. The minimum atomic E-state index is -0.0449. The summed E-state index contributed by atoms with van der Waals surface area (Å²) in [7, 11) is 0. The molecule has 0 nitrogen and oxygen atoms in total. The van der Waals surface area contributed by atoms with Crippen LogP contribution in [0.4, 0.5) is 0 Å². The molecule has 1 atom stereocenters. The van der Waals surface area contributed by atoms with Crippen LogP contribution in [0, 0.1) is 0 Å². The molecular weight excluding hydrogens is 214 g/mol. The molecule has 5 heavy (non-hydrogen) atoms. The predicted octanol–water partition coefficient (Wildman–Crippen LogP) is 2.30. The number of halogens is 1. The van der Waals surface area contributed by atoms with Gasteiger partial charge in [0.1, 0.15) is 6.16 Å². The summed E-state index contributed by atoms with van der Waals surface area (Å²) in [6.45, 7) is 2.12. The van der Waals surface area contributed by atoms with Gasteiger partial charge in [0.05, 0.1) is 0 Å². The van der Waals surface area contributed by atoms with Crippen molar-refractivity contribution in [2.45, 2.75) is 6.92 Å². The fourth-order valence-electron chi connectivity index (χ4n) is 0. The highest BCUT2D eigenvalue weighted by atomic mass is 127. The Morgan fingerprint density at radius 1 is 2.00 bits per heavy atom. The van der Waals surface area contributed by atoms with Crippen LogP contribution in [0.15, 0.2) is 0 Å². The van der Waals surface area contributed by atoms with E-state index >= 15 is 0 Å². The van der Waals surface area contributed by atoms with Gasteiger partial charge < -0.3 is 0 Å². The van der Waals surface area contributed by atoms with Gasteiger partial charge in [-0.15, -0.1) is 0 Å². The molecule has 0 amide bonds. The quantitative estimate of drug-likeness (QED) is 0.481. The highest BCUT2D eigenvalue weighted by Gasteiger charge is 1.91. The zero-order chi connectivity index (χ0) is 4.28. The molecule has 0 aromatic carbocycles. The summed E-state index contributed by atoms with van der Waals surface area (Å²) in [4.78, 5) is 0. The van der Waals surface area contributed by atoms with E-state index in [1.165, 1.54) is 6.16 Å². The van der Waals surface area contributed by atoms with E-state index in [1.807, 2.05) is 0 Å². The van der Waals surface area contributed by atoms with Crippen molar-refractivity contribution in [3.8, 4) is 0 Å². The lowest BCUT2D eigenvalue weighted by Crippen LogP contribution is -1.47. The monoisotopic (exact) mass is 219 g/mol. The molecule has 0 aromatic rings. The molecule has 0 fully saturated rings. The second-order valence-electron chi connectivity index (χ2n) is 0.634. The molecule has 0 aliphatic carbocycles. The van der Waals surface area contributed by atoms with Crippen molar-refractivity contribution in [2.24, 2.45) is 0 Å². The van der Waals surface area contributed by atoms with Crippen molar-refractivity contribution < 1.29 is 0 Å². The third-order valence-electron chi connectivity index (χ3n) is 0.249. The Balaban J connectivity index is 2.85. The summed E-state index contributed by atoms with van der Waals surface area (Å²) >= 11 is 7.12. The maximum Gasteiger partial charge on any atom is 0.244 e. The first-order chi connectivity index (χ1) is 2.27. The van der Waals surface area contributed by atoms with Crippen LogP contribution in [0.2, 0.25) is 0 Å². The van der Waals surface area contributed by atoms with Gasteiger partial charge in [-0.3, -0.25) is 0 Å². The van der Waals surface area contributed by atoms with Crippen molar-refractivity contribution in [1.29, 1.82) is 0 Å². The summed E-state index contributed by atoms with van der Waals surface area (Å²) in [5.74, 6) is 0. The van der Waals surface area contributed by atoms with Crippen LogP contribution in [-0.2, 0) is 11.8 Å². The molecule has 0 saturated heterocycles. The second-order valence-corrected chi connectivity index (χ2v) is 8.68. The molecule has 0 aliphatic rings. The molecule has 3 heteroatoms. The van der Waals surface area contributed by atoms with E-state index in [0.717, 1.165) is 0 Å². The van der Waals surface area contributed by atoms with Gasteiger partial charge in [0.2, 0.25) is 26.4 Å². The van der Waals surface area contributed by atoms with Crippen LogP contribution in [0.25, 0.3) is 0 Å². The van der Waals surface area contributed by atoms with Crippen molar-refractivity contribution in [2.75, 3.05) is 6.16 Å². The van der Waals surface area contributed by atoms with Crippen molar-refractivity contribution in [1.82, 2.24) is 0 Å². The summed E-state index contributed by atoms with van der Waals surface area (Å²) in [5.41, 5.74) is 0. The summed E-state index contributed by atoms with van der Waals surface area (Å²) in [6.07, 6.45) is 1.17. The van der Waals surface area contributed by atoms with Gasteiger partial charge in [-0.05, 0) is 6.92 Å². The Morgan fingerprint density at radius 3 is 2.20 bits per heavy atom. The Hall–Kier alpha value is 1.25. The molecule has 0 bridgehead atoms. The van der Waals surface area contributed by atoms with Crippen LogP contribution < -0.4 is 0 Å². The maximum atomic E-state index is 4.83. The van der Waals surface area contributed by atoms with Gasteiger partial charge in [-0.1, -0.05) is 0 Å². The van der Waals surface area contributed by atoms with Crippen LogP contribution in [0.1, 0.15) is 6.92 Å². The lowest BCUT2D eigenvalue weighted by Gasteiger charge is -1.56. The SMILES string of the molecule is CC[P+](=S)I. The lowest BCUT2D eigenvalue weighted by atomic mass is 11.0. The molecule has 0 saturated carbocycles. The first-order valence-corrected chi connectivity index (χ1v) is 6.70. The topological polar surface area (TPSA) is 0 Å². The highest BCUT2D eigenvalue weighted by Crippen LogP contribution is 2.29. The zero-order valence-electron chi connectivity index (χ0n) is 2.94. The lowest BCUT2D eigenvalue weighted by molar-refractivity contribution is 1.53. The maximum absolute atomic E-state index is 4.83. The van der Waals surface area contributed by atoms with Crippen LogP contribution in [-0.4, -0.2) is 6.16 Å². The van der Waals surface area contributed by atoms with E-state index in [4.69, 9.17) is 11.8 Å². The minimum absolute atomic E-state index is 0.0449. The van der Waals surface area contributed by atoms with Gasteiger partial charge in [-0.2, -0.15) is 0 Å². The van der Waals surface area contributed by atoms with Crippen molar-refractivity contribution in [3.63, 3.8) is 0 Å². The Morgan fingerprint density at radius 2 is 2.20 bits per heavy atom. The molecule has 0 radical (unpaired) electrons. The molecule has 0 N–H and O–H groups in total. The average Bonchev–Trinajstić information content (AvgIpc) is 1.38. The van der Waals surface area contributed by atoms with E-state index in [-0.39, 0.29) is 4.34 Å². The predicted molar refractivity (Wildman–Crippen MR) is 38.8 cm³/mol. The van der Waals surface area contributed by atoms with E-state index in [2.05, 4.69) is 29.0 Å². The van der Waals surface area contributed by atoms with Crippen LogP contribution >= 0.6 is 26.4 Å². The largest absolute Gasteiger partial charge is 0.244 e. The fourth-order valence-corrected chi connectivity index (χ4v) is 0. The Labute approximate surface area is 51.2 Å². The molecule has 1 unspecified atom stereocenters. The summed E-state index contributed by atoms with van der Waals surface area (Å²) in [5, 5.41) is 0. The number of hydrogen-bond acceptors (Lipinski definition) is 1. The molecule has 0 rings (SSSR count). The normalized spacial score (nSPS) is 11.2.